The Morgan fingerprint density at radius 2 is 1.85 bits per heavy atom. The van der Waals surface area contributed by atoms with Gasteiger partial charge >= 0.3 is 0 Å². The highest BCUT2D eigenvalue weighted by Crippen LogP contribution is 2.36. The van der Waals surface area contributed by atoms with Crippen LogP contribution in [-0.4, -0.2) is 25.0 Å². The third-order valence-corrected chi connectivity index (χ3v) is 4.42. The largest absolute Gasteiger partial charge is 0.348 e. The standard InChI is InChI=1S/C16H22FNO2/c1-12(14-4-2-3-5-15(14)17)18-13-6-8-16(9-7-13)19-10-11-20-16/h2-5,12-13,18H,6-11H2,1H3/t12-/m1/s1. The van der Waals surface area contributed by atoms with Crippen molar-refractivity contribution in [2.75, 3.05) is 13.2 Å². The van der Waals surface area contributed by atoms with Crippen LogP contribution in [0.5, 0.6) is 0 Å². The summed E-state index contributed by atoms with van der Waals surface area (Å²) >= 11 is 0. The molecule has 1 aromatic carbocycles. The van der Waals surface area contributed by atoms with Crippen LogP contribution >= 0.6 is 0 Å². The molecule has 110 valence electrons. The van der Waals surface area contributed by atoms with Gasteiger partial charge in [-0.2, -0.15) is 0 Å². The van der Waals surface area contributed by atoms with E-state index >= 15 is 0 Å². The molecule has 1 aliphatic carbocycles. The predicted octanol–water partition coefficient (Wildman–Crippen LogP) is 3.16. The second kappa shape index (κ2) is 5.80. The fraction of sp³-hybridized carbons (Fsp3) is 0.625. The first-order valence-corrected chi connectivity index (χ1v) is 7.47. The molecule has 3 rings (SSSR count). The van der Waals surface area contributed by atoms with E-state index in [2.05, 4.69) is 5.32 Å². The zero-order valence-electron chi connectivity index (χ0n) is 11.9. The maximum absolute atomic E-state index is 13.8. The molecule has 0 radical (unpaired) electrons. The molecule has 2 fully saturated rings. The summed E-state index contributed by atoms with van der Waals surface area (Å²) in [4.78, 5) is 0. The van der Waals surface area contributed by atoms with Gasteiger partial charge in [-0.1, -0.05) is 18.2 Å². The van der Waals surface area contributed by atoms with E-state index < -0.39 is 0 Å². The third kappa shape index (κ3) is 2.87. The highest BCUT2D eigenvalue weighted by atomic mass is 19.1. The molecule has 1 atom stereocenters. The minimum Gasteiger partial charge on any atom is -0.348 e. The minimum atomic E-state index is -0.320. The summed E-state index contributed by atoms with van der Waals surface area (Å²) in [6, 6.07) is 7.41. The first kappa shape index (κ1) is 14.0. The van der Waals surface area contributed by atoms with Crippen LogP contribution in [0.25, 0.3) is 0 Å². The average molecular weight is 279 g/mol. The monoisotopic (exact) mass is 279 g/mol. The lowest BCUT2D eigenvalue weighted by atomic mass is 9.89. The number of ether oxygens (including phenoxy) is 2. The Labute approximate surface area is 119 Å². The second-order valence-corrected chi connectivity index (χ2v) is 5.79. The second-order valence-electron chi connectivity index (χ2n) is 5.79. The van der Waals surface area contributed by atoms with Gasteiger partial charge in [0.1, 0.15) is 5.82 Å². The molecule has 1 heterocycles. The number of nitrogens with one attached hydrogen (secondary N) is 1. The van der Waals surface area contributed by atoms with E-state index in [1.54, 1.807) is 6.07 Å². The summed E-state index contributed by atoms with van der Waals surface area (Å²) < 4.78 is 25.2. The van der Waals surface area contributed by atoms with E-state index in [1.807, 2.05) is 19.1 Å². The van der Waals surface area contributed by atoms with Gasteiger partial charge in [-0.15, -0.1) is 0 Å². The lowest BCUT2D eigenvalue weighted by molar-refractivity contribution is -0.179. The number of rotatable bonds is 3. The van der Waals surface area contributed by atoms with E-state index in [4.69, 9.17) is 9.47 Å². The molecule has 1 spiro atoms. The van der Waals surface area contributed by atoms with Gasteiger partial charge < -0.3 is 14.8 Å². The Morgan fingerprint density at radius 3 is 2.50 bits per heavy atom. The van der Waals surface area contributed by atoms with Crippen molar-refractivity contribution in [3.63, 3.8) is 0 Å². The molecule has 0 aromatic heterocycles. The number of benzene rings is 1. The number of hydrogen-bond donors (Lipinski definition) is 1. The van der Waals surface area contributed by atoms with E-state index in [0.717, 1.165) is 31.2 Å². The SMILES string of the molecule is C[C@@H](NC1CCC2(CC1)OCCO2)c1ccccc1F. The van der Waals surface area contributed by atoms with Crippen molar-refractivity contribution in [3.8, 4) is 0 Å². The molecule has 3 nitrogen and oxygen atoms in total. The first-order chi connectivity index (χ1) is 9.69. The molecule has 0 amide bonds. The smallest absolute Gasteiger partial charge is 0.168 e. The Kier molecular flexibility index (Phi) is 4.06. The maximum atomic E-state index is 13.8. The van der Waals surface area contributed by atoms with E-state index in [9.17, 15) is 4.39 Å². The van der Waals surface area contributed by atoms with Crippen molar-refractivity contribution in [2.45, 2.75) is 50.5 Å². The molecular weight excluding hydrogens is 257 g/mol. The van der Waals surface area contributed by atoms with Crippen LogP contribution in [0.4, 0.5) is 4.39 Å². The maximum Gasteiger partial charge on any atom is 0.168 e. The summed E-state index contributed by atoms with van der Waals surface area (Å²) in [5.41, 5.74) is 0.737. The van der Waals surface area contributed by atoms with Crippen LogP contribution in [-0.2, 0) is 9.47 Å². The van der Waals surface area contributed by atoms with Gasteiger partial charge in [0.05, 0.1) is 13.2 Å². The first-order valence-electron chi connectivity index (χ1n) is 7.47. The zero-order valence-corrected chi connectivity index (χ0v) is 11.9. The van der Waals surface area contributed by atoms with Crippen LogP contribution in [0.1, 0.15) is 44.2 Å². The zero-order chi connectivity index (χ0) is 14.0. The minimum absolute atomic E-state index is 0.0284. The normalized spacial score (nSPS) is 24.1. The molecule has 1 saturated carbocycles. The van der Waals surface area contributed by atoms with Crippen molar-refractivity contribution in [3.05, 3.63) is 35.6 Å². The lowest BCUT2D eigenvalue weighted by Gasteiger charge is -2.36. The van der Waals surface area contributed by atoms with Crippen molar-refractivity contribution < 1.29 is 13.9 Å². The highest BCUT2D eigenvalue weighted by Gasteiger charge is 2.40. The topological polar surface area (TPSA) is 30.5 Å². The molecule has 20 heavy (non-hydrogen) atoms. The van der Waals surface area contributed by atoms with Crippen molar-refractivity contribution in [2.24, 2.45) is 0 Å². The van der Waals surface area contributed by atoms with Crippen LogP contribution in [0, 0.1) is 5.82 Å². The quantitative estimate of drug-likeness (QED) is 0.922. The summed E-state index contributed by atoms with van der Waals surface area (Å²) in [5.74, 6) is -0.457. The number of halogens is 1. The van der Waals surface area contributed by atoms with E-state index in [0.29, 0.717) is 19.3 Å². The average Bonchev–Trinajstić information content (AvgIpc) is 2.90. The predicted molar refractivity (Wildman–Crippen MR) is 74.8 cm³/mol. The molecular formula is C16H22FNO2. The summed E-state index contributed by atoms with van der Waals surface area (Å²) in [6.45, 7) is 3.44. The number of hydrogen-bond acceptors (Lipinski definition) is 3. The van der Waals surface area contributed by atoms with Gasteiger partial charge in [0, 0.05) is 30.5 Å². The Bertz CT molecular complexity index is 450. The molecule has 1 N–H and O–H groups in total. The van der Waals surface area contributed by atoms with Crippen molar-refractivity contribution in [1.29, 1.82) is 0 Å². The van der Waals surface area contributed by atoms with Crippen LogP contribution in [0.2, 0.25) is 0 Å². The van der Waals surface area contributed by atoms with Crippen LogP contribution < -0.4 is 5.32 Å². The fourth-order valence-corrected chi connectivity index (χ4v) is 3.28. The van der Waals surface area contributed by atoms with E-state index in [1.165, 1.54) is 6.07 Å². The molecule has 0 unspecified atom stereocenters. The summed E-state index contributed by atoms with van der Waals surface area (Å²) in [7, 11) is 0. The van der Waals surface area contributed by atoms with Crippen molar-refractivity contribution in [1.82, 2.24) is 5.32 Å². The summed E-state index contributed by atoms with van der Waals surface area (Å²) in [6.07, 6.45) is 3.88. The van der Waals surface area contributed by atoms with Crippen LogP contribution in [0.15, 0.2) is 24.3 Å². The Balaban J connectivity index is 1.56. The third-order valence-electron chi connectivity index (χ3n) is 4.42. The van der Waals surface area contributed by atoms with Gasteiger partial charge in [-0.05, 0) is 25.8 Å². The molecule has 4 heteroatoms. The van der Waals surface area contributed by atoms with Crippen molar-refractivity contribution >= 4 is 0 Å². The van der Waals surface area contributed by atoms with Gasteiger partial charge in [0.25, 0.3) is 0 Å². The molecule has 2 aliphatic rings. The fourth-order valence-electron chi connectivity index (χ4n) is 3.28. The molecule has 1 aliphatic heterocycles. The van der Waals surface area contributed by atoms with Gasteiger partial charge in [0.2, 0.25) is 0 Å². The molecule has 1 saturated heterocycles. The van der Waals surface area contributed by atoms with E-state index in [-0.39, 0.29) is 17.6 Å². The van der Waals surface area contributed by atoms with Gasteiger partial charge in [-0.3, -0.25) is 0 Å². The molecule has 1 aromatic rings. The Hall–Kier alpha value is -0.970. The highest BCUT2D eigenvalue weighted by molar-refractivity contribution is 5.20. The van der Waals surface area contributed by atoms with Crippen LogP contribution in [0.3, 0.4) is 0 Å². The van der Waals surface area contributed by atoms with Gasteiger partial charge in [0.15, 0.2) is 5.79 Å². The van der Waals surface area contributed by atoms with Gasteiger partial charge in [-0.25, -0.2) is 4.39 Å². The molecule has 0 bridgehead atoms. The lowest BCUT2D eigenvalue weighted by Crippen LogP contribution is -2.42. The Morgan fingerprint density at radius 1 is 1.20 bits per heavy atom. The summed E-state index contributed by atoms with van der Waals surface area (Å²) in [5, 5.41) is 3.53.